The second kappa shape index (κ2) is 6.29. The van der Waals surface area contributed by atoms with Crippen molar-refractivity contribution in [3.8, 4) is 0 Å². The summed E-state index contributed by atoms with van der Waals surface area (Å²) in [6, 6.07) is 5.23. The fraction of sp³-hybridized carbons (Fsp3) is 0.533. The highest BCUT2D eigenvalue weighted by Gasteiger charge is 2.18. The summed E-state index contributed by atoms with van der Waals surface area (Å²) in [5.41, 5.74) is 0.932. The number of hydrogen-bond donors (Lipinski definition) is 2. The largest absolute Gasteiger partial charge is 0.478 e. The summed E-state index contributed by atoms with van der Waals surface area (Å²) in [6.45, 7) is 2.28. The molecular weight excluding hydrogens is 262 g/mol. The van der Waals surface area contributed by atoms with E-state index in [4.69, 9.17) is 11.6 Å². The summed E-state index contributed by atoms with van der Waals surface area (Å²) < 4.78 is 0. The van der Waals surface area contributed by atoms with Gasteiger partial charge in [0.15, 0.2) is 0 Å². The molecule has 2 N–H and O–H groups in total. The van der Waals surface area contributed by atoms with E-state index in [-0.39, 0.29) is 0 Å². The van der Waals surface area contributed by atoms with E-state index < -0.39 is 5.97 Å². The molecule has 4 heteroatoms. The van der Waals surface area contributed by atoms with E-state index >= 15 is 0 Å². The third-order valence-electron chi connectivity index (χ3n) is 3.83. The Bertz CT molecular complexity index is 461. The standard InChI is InChI=1S/C15H20ClNO2/c1-10-3-2-4-12(7-5-10)17-14-9-11(16)6-8-13(14)15(18)19/h6,8-10,12,17H,2-5,7H2,1H3,(H,18,19). The Morgan fingerprint density at radius 3 is 2.84 bits per heavy atom. The Morgan fingerprint density at radius 2 is 2.11 bits per heavy atom. The third-order valence-corrected chi connectivity index (χ3v) is 4.06. The Morgan fingerprint density at radius 1 is 1.32 bits per heavy atom. The number of halogens is 1. The zero-order valence-corrected chi connectivity index (χ0v) is 11.9. The first-order valence-electron chi connectivity index (χ1n) is 6.85. The summed E-state index contributed by atoms with van der Waals surface area (Å²) in [4.78, 5) is 11.2. The van der Waals surface area contributed by atoms with Gasteiger partial charge in [0.05, 0.1) is 11.3 Å². The molecule has 0 saturated heterocycles. The predicted molar refractivity (Wildman–Crippen MR) is 78.1 cm³/mol. The van der Waals surface area contributed by atoms with Crippen molar-refractivity contribution in [2.24, 2.45) is 5.92 Å². The first kappa shape index (κ1) is 14.2. The fourth-order valence-electron chi connectivity index (χ4n) is 2.67. The van der Waals surface area contributed by atoms with Gasteiger partial charge >= 0.3 is 5.97 Å². The molecule has 2 rings (SSSR count). The molecule has 1 aliphatic carbocycles. The molecule has 104 valence electrons. The first-order chi connectivity index (χ1) is 9.06. The Balaban J connectivity index is 2.13. The third kappa shape index (κ3) is 3.87. The molecule has 0 spiro atoms. The van der Waals surface area contributed by atoms with Crippen LogP contribution in [0.25, 0.3) is 0 Å². The van der Waals surface area contributed by atoms with Crippen LogP contribution >= 0.6 is 11.6 Å². The highest BCUT2D eigenvalue weighted by Crippen LogP contribution is 2.27. The number of benzene rings is 1. The predicted octanol–water partition coefficient (Wildman–Crippen LogP) is 4.42. The van der Waals surface area contributed by atoms with E-state index in [1.807, 2.05) is 0 Å². The molecule has 1 aromatic carbocycles. The average molecular weight is 282 g/mol. The maximum Gasteiger partial charge on any atom is 0.337 e. The lowest BCUT2D eigenvalue weighted by atomic mass is 10.0. The topological polar surface area (TPSA) is 49.3 Å². The summed E-state index contributed by atoms with van der Waals surface area (Å²) in [7, 11) is 0. The van der Waals surface area contributed by atoms with Gasteiger partial charge in [-0.3, -0.25) is 0 Å². The first-order valence-corrected chi connectivity index (χ1v) is 7.23. The lowest BCUT2D eigenvalue weighted by Gasteiger charge is -2.19. The number of carbonyl (C=O) groups is 1. The lowest BCUT2D eigenvalue weighted by molar-refractivity contribution is 0.0698. The van der Waals surface area contributed by atoms with E-state index in [0.29, 0.717) is 22.3 Å². The Hall–Kier alpha value is -1.22. The highest BCUT2D eigenvalue weighted by atomic mass is 35.5. The van der Waals surface area contributed by atoms with E-state index in [0.717, 1.165) is 18.8 Å². The van der Waals surface area contributed by atoms with Gasteiger partial charge in [0.25, 0.3) is 0 Å². The Kier molecular flexibility index (Phi) is 4.70. The number of aromatic carboxylic acids is 1. The molecule has 1 saturated carbocycles. The molecule has 2 unspecified atom stereocenters. The van der Waals surface area contributed by atoms with Gasteiger partial charge in [-0.15, -0.1) is 0 Å². The van der Waals surface area contributed by atoms with Gasteiger partial charge in [-0.25, -0.2) is 4.79 Å². The van der Waals surface area contributed by atoms with Crippen LogP contribution in [0.3, 0.4) is 0 Å². The maximum atomic E-state index is 11.2. The number of hydrogen-bond acceptors (Lipinski definition) is 2. The van der Waals surface area contributed by atoms with Crippen molar-refractivity contribution in [3.05, 3.63) is 28.8 Å². The monoisotopic (exact) mass is 281 g/mol. The van der Waals surface area contributed by atoms with E-state index in [1.54, 1.807) is 18.2 Å². The smallest absolute Gasteiger partial charge is 0.337 e. The van der Waals surface area contributed by atoms with Gasteiger partial charge in [-0.1, -0.05) is 31.4 Å². The van der Waals surface area contributed by atoms with E-state index in [2.05, 4.69) is 12.2 Å². The van der Waals surface area contributed by atoms with Crippen LogP contribution in [0.2, 0.25) is 5.02 Å². The summed E-state index contributed by atoms with van der Waals surface area (Å²) >= 11 is 5.96. The molecular formula is C15H20ClNO2. The van der Waals surface area contributed by atoms with Crippen LogP contribution in [0.5, 0.6) is 0 Å². The van der Waals surface area contributed by atoms with Crippen molar-refractivity contribution in [2.45, 2.75) is 45.1 Å². The quantitative estimate of drug-likeness (QED) is 0.807. The van der Waals surface area contributed by atoms with Crippen LogP contribution in [0.1, 0.15) is 49.4 Å². The minimum atomic E-state index is -0.916. The van der Waals surface area contributed by atoms with Crippen molar-refractivity contribution >= 4 is 23.3 Å². The van der Waals surface area contributed by atoms with Crippen molar-refractivity contribution in [3.63, 3.8) is 0 Å². The minimum absolute atomic E-state index is 0.293. The SMILES string of the molecule is CC1CCCC(Nc2cc(Cl)ccc2C(=O)O)CC1. The van der Waals surface area contributed by atoms with E-state index in [1.165, 1.54) is 19.3 Å². The van der Waals surface area contributed by atoms with Gasteiger partial charge in [0.2, 0.25) is 0 Å². The zero-order valence-electron chi connectivity index (χ0n) is 11.2. The summed E-state index contributed by atoms with van der Waals surface area (Å²) in [5.74, 6) is -0.147. The van der Waals surface area contributed by atoms with Crippen molar-refractivity contribution in [1.82, 2.24) is 0 Å². The molecule has 0 aliphatic heterocycles. The van der Waals surface area contributed by atoms with Crippen molar-refractivity contribution in [2.75, 3.05) is 5.32 Å². The molecule has 0 bridgehead atoms. The number of carboxylic acids is 1. The lowest BCUT2D eigenvalue weighted by Crippen LogP contribution is -2.20. The second-order valence-corrected chi connectivity index (χ2v) is 5.89. The molecule has 1 aliphatic rings. The van der Waals surface area contributed by atoms with Crippen molar-refractivity contribution in [1.29, 1.82) is 0 Å². The minimum Gasteiger partial charge on any atom is -0.478 e. The highest BCUT2D eigenvalue weighted by molar-refractivity contribution is 6.31. The molecule has 2 atom stereocenters. The molecule has 0 aromatic heterocycles. The number of anilines is 1. The second-order valence-electron chi connectivity index (χ2n) is 5.45. The Labute approximate surface area is 119 Å². The molecule has 1 fully saturated rings. The average Bonchev–Trinajstić information content (AvgIpc) is 2.54. The summed E-state index contributed by atoms with van der Waals surface area (Å²) in [6.07, 6.45) is 5.84. The zero-order chi connectivity index (χ0) is 13.8. The molecule has 19 heavy (non-hydrogen) atoms. The van der Waals surface area contributed by atoms with Gasteiger partial charge < -0.3 is 10.4 Å². The molecule has 1 aromatic rings. The van der Waals surface area contributed by atoms with Gasteiger partial charge in [0, 0.05) is 11.1 Å². The van der Waals surface area contributed by atoms with Crippen LogP contribution < -0.4 is 5.32 Å². The van der Waals surface area contributed by atoms with Crippen LogP contribution in [-0.2, 0) is 0 Å². The van der Waals surface area contributed by atoms with Crippen LogP contribution in [-0.4, -0.2) is 17.1 Å². The van der Waals surface area contributed by atoms with E-state index in [9.17, 15) is 9.90 Å². The summed E-state index contributed by atoms with van der Waals surface area (Å²) in [5, 5.41) is 13.1. The molecule has 0 amide bonds. The normalized spacial score (nSPS) is 23.7. The van der Waals surface area contributed by atoms with Crippen LogP contribution in [0, 0.1) is 5.92 Å². The number of carboxylic acid groups (broad SMARTS) is 1. The van der Waals surface area contributed by atoms with Crippen molar-refractivity contribution < 1.29 is 9.90 Å². The van der Waals surface area contributed by atoms with Gasteiger partial charge in [-0.05, 0) is 43.4 Å². The molecule has 0 radical (unpaired) electrons. The van der Waals surface area contributed by atoms with Crippen LogP contribution in [0.4, 0.5) is 5.69 Å². The van der Waals surface area contributed by atoms with Gasteiger partial charge in [0.1, 0.15) is 0 Å². The van der Waals surface area contributed by atoms with Gasteiger partial charge in [-0.2, -0.15) is 0 Å². The fourth-order valence-corrected chi connectivity index (χ4v) is 2.85. The van der Waals surface area contributed by atoms with Crippen LogP contribution in [0.15, 0.2) is 18.2 Å². The number of rotatable bonds is 3. The molecule has 0 heterocycles. The molecule has 3 nitrogen and oxygen atoms in total. The number of nitrogens with one attached hydrogen (secondary N) is 1. The maximum absolute atomic E-state index is 11.2.